The molecule has 0 aliphatic heterocycles. The van der Waals surface area contributed by atoms with Crippen LogP contribution in [-0.2, 0) is 4.79 Å². The van der Waals surface area contributed by atoms with Crippen molar-refractivity contribution in [2.24, 2.45) is 5.92 Å². The number of anilines is 2. The zero-order valence-corrected chi connectivity index (χ0v) is 9.66. The maximum absolute atomic E-state index is 11.4. The smallest absolute Gasteiger partial charge is 0.239 e. The SMILES string of the molecule is CC(C)CNC(=O)CNc1ccc(N)nc1. The molecule has 0 unspecified atom stereocenters. The molecule has 4 N–H and O–H groups in total. The van der Waals surface area contributed by atoms with Gasteiger partial charge in [0, 0.05) is 6.54 Å². The van der Waals surface area contributed by atoms with Crippen molar-refractivity contribution in [1.29, 1.82) is 0 Å². The lowest BCUT2D eigenvalue weighted by molar-refractivity contribution is -0.119. The number of carbonyl (C=O) groups is 1. The van der Waals surface area contributed by atoms with Crippen molar-refractivity contribution in [3.63, 3.8) is 0 Å². The summed E-state index contributed by atoms with van der Waals surface area (Å²) in [6, 6.07) is 3.48. The molecule has 5 nitrogen and oxygen atoms in total. The van der Waals surface area contributed by atoms with Crippen molar-refractivity contribution in [1.82, 2.24) is 10.3 Å². The van der Waals surface area contributed by atoms with Gasteiger partial charge in [-0.25, -0.2) is 4.98 Å². The third kappa shape index (κ3) is 4.63. The molecular formula is C11H18N4O. The largest absolute Gasteiger partial charge is 0.384 e. The van der Waals surface area contributed by atoms with Crippen LogP contribution in [0.15, 0.2) is 18.3 Å². The van der Waals surface area contributed by atoms with Crippen LogP contribution >= 0.6 is 0 Å². The van der Waals surface area contributed by atoms with Crippen LogP contribution in [0.4, 0.5) is 11.5 Å². The highest BCUT2D eigenvalue weighted by atomic mass is 16.1. The van der Waals surface area contributed by atoms with Crippen molar-refractivity contribution >= 4 is 17.4 Å². The zero-order valence-electron chi connectivity index (χ0n) is 9.66. The van der Waals surface area contributed by atoms with Crippen molar-refractivity contribution < 1.29 is 4.79 Å². The van der Waals surface area contributed by atoms with Gasteiger partial charge in [0.1, 0.15) is 5.82 Å². The molecule has 0 radical (unpaired) electrons. The summed E-state index contributed by atoms with van der Waals surface area (Å²) in [5.74, 6) is 0.905. The molecule has 88 valence electrons. The zero-order chi connectivity index (χ0) is 12.0. The highest BCUT2D eigenvalue weighted by Crippen LogP contribution is 2.05. The number of aromatic nitrogens is 1. The monoisotopic (exact) mass is 222 g/mol. The Kier molecular flexibility index (Phi) is 4.57. The number of pyridine rings is 1. The molecule has 0 atom stereocenters. The molecule has 1 heterocycles. The van der Waals surface area contributed by atoms with Gasteiger partial charge in [-0.3, -0.25) is 4.79 Å². The lowest BCUT2D eigenvalue weighted by Crippen LogP contribution is -2.32. The van der Waals surface area contributed by atoms with Gasteiger partial charge >= 0.3 is 0 Å². The highest BCUT2D eigenvalue weighted by molar-refractivity contribution is 5.80. The van der Waals surface area contributed by atoms with E-state index in [0.717, 1.165) is 5.69 Å². The molecule has 1 amide bonds. The number of hydrogen-bond acceptors (Lipinski definition) is 4. The normalized spacial score (nSPS) is 10.2. The fourth-order valence-corrected chi connectivity index (χ4v) is 1.07. The summed E-state index contributed by atoms with van der Waals surface area (Å²) in [6.07, 6.45) is 1.60. The minimum Gasteiger partial charge on any atom is -0.384 e. The van der Waals surface area contributed by atoms with Crippen molar-refractivity contribution in [2.75, 3.05) is 24.1 Å². The van der Waals surface area contributed by atoms with Gasteiger partial charge in [0.25, 0.3) is 0 Å². The first-order valence-electron chi connectivity index (χ1n) is 5.30. The van der Waals surface area contributed by atoms with E-state index in [-0.39, 0.29) is 12.5 Å². The summed E-state index contributed by atoms with van der Waals surface area (Å²) in [4.78, 5) is 15.3. The Labute approximate surface area is 95.4 Å². The van der Waals surface area contributed by atoms with E-state index < -0.39 is 0 Å². The maximum Gasteiger partial charge on any atom is 0.239 e. The fourth-order valence-electron chi connectivity index (χ4n) is 1.07. The Morgan fingerprint density at radius 2 is 2.25 bits per heavy atom. The van der Waals surface area contributed by atoms with E-state index in [4.69, 9.17) is 5.73 Å². The van der Waals surface area contributed by atoms with Crippen LogP contribution in [0.3, 0.4) is 0 Å². The second-order valence-electron chi connectivity index (χ2n) is 4.02. The van der Waals surface area contributed by atoms with Crippen LogP contribution in [0.1, 0.15) is 13.8 Å². The molecule has 0 aromatic carbocycles. The molecule has 5 heteroatoms. The molecule has 1 aromatic heterocycles. The molecule has 0 bridgehead atoms. The van der Waals surface area contributed by atoms with E-state index in [1.165, 1.54) is 0 Å². The first kappa shape index (κ1) is 12.3. The molecule has 0 saturated carbocycles. The van der Waals surface area contributed by atoms with Gasteiger partial charge in [0.15, 0.2) is 0 Å². The molecule has 0 saturated heterocycles. The number of nitrogens with two attached hydrogens (primary N) is 1. The topological polar surface area (TPSA) is 80.0 Å². The van der Waals surface area contributed by atoms with Gasteiger partial charge < -0.3 is 16.4 Å². The minimum atomic E-state index is -0.0227. The summed E-state index contributed by atoms with van der Waals surface area (Å²) in [6.45, 7) is 5.05. The van der Waals surface area contributed by atoms with Crippen LogP contribution in [0.5, 0.6) is 0 Å². The van der Waals surface area contributed by atoms with Crippen molar-refractivity contribution in [3.8, 4) is 0 Å². The molecule has 16 heavy (non-hydrogen) atoms. The van der Waals surface area contributed by atoms with Crippen LogP contribution in [0, 0.1) is 5.92 Å². The number of nitrogens with one attached hydrogen (secondary N) is 2. The first-order chi connectivity index (χ1) is 7.58. The van der Waals surface area contributed by atoms with E-state index in [1.54, 1.807) is 18.3 Å². The second kappa shape index (κ2) is 5.95. The third-order valence-corrected chi connectivity index (χ3v) is 1.95. The minimum absolute atomic E-state index is 0.0227. The Morgan fingerprint density at radius 1 is 1.50 bits per heavy atom. The maximum atomic E-state index is 11.4. The van der Waals surface area contributed by atoms with Gasteiger partial charge in [-0.05, 0) is 18.1 Å². The molecule has 0 aliphatic rings. The number of nitrogens with zero attached hydrogens (tertiary/aromatic N) is 1. The predicted molar refractivity (Wildman–Crippen MR) is 65.0 cm³/mol. The van der Waals surface area contributed by atoms with Crippen LogP contribution in [0.2, 0.25) is 0 Å². The summed E-state index contributed by atoms with van der Waals surface area (Å²) in [5, 5.41) is 5.78. The van der Waals surface area contributed by atoms with E-state index >= 15 is 0 Å². The summed E-state index contributed by atoms with van der Waals surface area (Å²) < 4.78 is 0. The quantitative estimate of drug-likeness (QED) is 0.690. The van der Waals surface area contributed by atoms with E-state index in [2.05, 4.69) is 29.5 Å². The molecule has 1 rings (SSSR count). The van der Waals surface area contributed by atoms with Gasteiger partial charge in [0.2, 0.25) is 5.91 Å². The lowest BCUT2D eigenvalue weighted by Gasteiger charge is -2.09. The van der Waals surface area contributed by atoms with E-state index in [1.807, 2.05) is 0 Å². The first-order valence-corrected chi connectivity index (χ1v) is 5.30. The summed E-state index contributed by atoms with van der Waals surface area (Å²) in [5.41, 5.74) is 6.23. The number of nitrogen functional groups attached to an aromatic ring is 1. The second-order valence-corrected chi connectivity index (χ2v) is 4.02. The van der Waals surface area contributed by atoms with Crippen LogP contribution < -0.4 is 16.4 Å². The van der Waals surface area contributed by atoms with E-state index in [9.17, 15) is 4.79 Å². The standard InChI is InChI=1S/C11H18N4O/c1-8(2)5-15-11(16)7-13-9-3-4-10(12)14-6-9/h3-4,6,8,13H,5,7H2,1-2H3,(H2,12,14)(H,15,16). The van der Waals surface area contributed by atoms with Gasteiger partial charge in [-0.1, -0.05) is 13.8 Å². The molecular weight excluding hydrogens is 204 g/mol. The van der Waals surface area contributed by atoms with E-state index in [0.29, 0.717) is 18.3 Å². The van der Waals surface area contributed by atoms with Gasteiger partial charge in [0.05, 0.1) is 18.4 Å². The average Bonchev–Trinajstić information content (AvgIpc) is 2.25. The number of amides is 1. The molecule has 1 aromatic rings. The Balaban J connectivity index is 2.29. The average molecular weight is 222 g/mol. The van der Waals surface area contributed by atoms with Gasteiger partial charge in [-0.15, -0.1) is 0 Å². The fraction of sp³-hybridized carbons (Fsp3) is 0.455. The Morgan fingerprint density at radius 3 is 2.81 bits per heavy atom. The molecule has 0 fully saturated rings. The number of carbonyl (C=O) groups excluding carboxylic acids is 1. The van der Waals surface area contributed by atoms with Crippen LogP contribution in [0.25, 0.3) is 0 Å². The van der Waals surface area contributed by atoms with Crippen molar-refractivity contribution in [3.05, 3.63) is 18.3 Å². The molecule has 0 aliphatic carbocycles. The number of rotatable bonds is 5. The number of hydrogen-bond donors (Lipinski definition) is 3. The Hall–Kier alpha value is -1.78. The summed E-state index contributed by atoms with van der Waals surface area (Å²) in [7, 11) is 0. The van der Waals surface area contributed by atoms with Crippen molar-refractivity contribution in [2.45, 2.75) is 13.8 Å². The predicted octanol–water partition coefficient (Wildman–Crippen LogP) is 0.848. The Bertz CT molecular complexity index is 334. The van der Waals surface area contributed by atoms with Crippen LogP contribution in [-0.4, -0.2) is 24.0 Å². The highest BCUT2D eigenvalue weighted by Gasteiger charge is 2.01. The third-order valence-electron chi connectivity index (χ3n) is 1.95. The van der Waals surface area contributed by atoms with Gasteiger partial charge in [-0.2, -0.15) is 0 Å². The molecule has 0 spiro atoms. The summed E-state index contributed by atoms with van der Waals surface area (Å²) >= 11 is 0. The lowest BCUT2D eigenvalue weighted by atomic mass is 10.2.